The Labute approximate surface area is 210 Å². The van der Waals surface area contributed by atoms with Crippen LogP contribution in [0.1, 0.15) is 5.56 Å². The van der Waals surface area contributed by atoms with E-state index in [0.29, 0.717) is 35.2 Å². The average molecular weight is 481 g/mol. The molecule has 1 heterocycles. The molecule has 1 aromatic heterocycles. The zero-order chi connectivity index (χ0) is 25.3. The van der Waals surface area contributed by atoms with Gasteiger partial charge in [-0.1, -0.05) is 48.5 Å². The number of allylic oxidation sites excluding steroid dienone is 1. The lowest BCUT2D eigenvalue weighted by atomic mass is 10.1. The second kappa shape index (κ2) is 11.8. The van der Waals surface area contributed by atoms with Gasteiger partial charge in [-0.25, -0.2) is 9.97 Å². The third-order valence-electron chi connectivity index (χ3n) is 5.25. The molecule has 182 valence electrons. The largest absolute Gasteiger partial charge is 0.457 e. The molecular formula is C29H28N4O3. The Morgan fingerprint density at radius 3 is 2.19 bits per heavy atom. The van der Waals surface area contributed by atoms with Crippen LogP contribution in [0, 0.1) is 0 Å². The molecule has 0 aliphatic carbocycles. The Morgan fingerprint density at radius 2 is 1.50 bits per heavy atom. The van der Waals surface area contributed by atoms with Crippen LogP contribution in [0.2, 0.25) is 0 Å². The number of benzene rings is 3. The van der Waals surface area contributed by atoms with Crippen molar-refractivity contribution >= 4 is 11.6 Å². The molecule has 0 atom stereocenters. The fourth-order valence-electron chi connectivity index (χ4n) is 3.49. The van der Waals surface area contributed by atoms with Gasteiger partial charge in [0, 0.05) is 13.0 Å². The minimum absolute atomic E-state index is 0.0519. The van der Waals surface area contributed by atoms with E-state index in [0.717, 1.165) is 23.4 Å². The highest BCUT2D eigenvalue weighted by atomic mass is 16.5. The molecule has 0 aliphatic heterocycles. The molecule has 0 amide bonds. The fourth-order valence-corrected chi connectivity index (χ4v) is 3.49. The lowest BCUT2D eigenvalue weighted by Gasteiger charge is -2.13. The number of nitrogens with zero attached hydrogens (tertiary/aromatic N) is 3. The van der Waals surface area contributed by atoms with E-state index < -0.39 is 0 Å². The van der Waals surface area contributed by atoms with Crippen LogP contribution in [0.5, 0.6) is 23.1 Å². The number of hydrogen-bond donors (Lipinski definition) is 1. The van der Waals surface area contributed by atoms with Crippen molar-refractivity contribution in [3.63, 3.8) is 0 Å². The van der Waals surface area contributed by atoms with Crippen LogP contribution in [0.25, 0.3) is 11.1 Å². The first kappa shape index (κ1) is 24.6. The monoisotopic (exact) mass is 480 g/mol. The van der Waals surface area contributed by atoms with E-state index in [9.17, 15) is 4.79 Å². The van der Waals surface area contributed by atoms with Crippen LogP contribution in [0.3, 0.4) is 0 Å². The second-order valence-electron chi connectivity index (χ2n) is 8.43. The third kappa shape index (κ3) is 6.77. The summed E-state index contributed by atoms with van der Waals surface area (Å²) < 4.78 is 11.9. The molecule has 0 fully saturated rings. The summed E-state index contributed by atoms with van der Waals surface area (Å²) in [6.07, 6.45) is 5.18. The first-order valence-corrected chi connectivity index (χ1v) is 11.5. The summed E-state index contributed by atoms with van der Waals surface area (Å²) in [5.41, 5.74) is 8.49. The first-order valence-electron chi connectivity index (χ1n) is 11.5. The van der Waals surface area contributed by atoms with Gasteiger partial charge in [0.2, 0.25) is 5.88 Å². The van der Waals surface area contributed by atoms with Gasteiger partial charge in [0.05, 0.1) is 5.56 Å². The van der Waals surface area contributed by atoms with Crippen molar-refractivity contribution in [3.05, 3.63) is 103 Å². The summed E-state index contributed by atoms with van der Waals surface area (Å²) in [5, 5.41) is 0. The maximum absolute atomic E-state index is 12.2. The number of anilines is 1. The molecule has 7 heteroatoms. The van der Waals surface area contributed by atoms with E-state index in [4.69, 9.17) is 15.2 Å². The van der Waals surface area contributed by atoms with Crippen molar-refractivity contribution in [2.45, 2.75) is 6.42 Å². The maximum Gasteiger partial charge on any atom is 0.232 e. The van der Waals surface area contributed by atoms with Crippen molar-refractivity contribution < 1.29 is 14.3 Å². The zero-order valence-corrected chi connectivity index (χ0v) is 20.3. The molecule has 3 aromatic carbocycles. The molecule has 0 aliphatic rings. The molecule has 2 N–H and O–H groups in total. The van der Waals surface area contributed by atoms with E-state index >= 15 is 0 Å². The van der Waals surface area contributed by atoms with Crippen LogP contribution in [-0.4, -0.2) is 41.3 Å². The maximum atomic E-state index is 12.2. The molecule has 4 rings (SSSR count). The highest BCUT2D eigenvalue weighted by molar-refractivity contribution is 5.91. The number of ketones is 1. The molecule has 0 unspecified atom stereocenters. The molecule has 0 spiro atoms. The van der Waals surface area contributed by atoms with Crippen molar-refractivity contribution in [3.8, 4) is 34.3 Å². The van der Waals surface area contributed by atoms with Gasteiger partial charge in [-0.05, 0) is 67.7 Å². The molecule has 0 radical (unpaired) electrons. The number of hydrogen-bond acceptors (Lipinski definition) is 7. The number of ether oxygens (including phenoxy) is 2. The number of para-hydroxylation sites is 1. The third-order valence-corrected chi connectivity index (χ3v) is 5.25. The van der Waals surface area contributed by atoms with Crippen LogP contribution in [-0.2, 0) is 11.2 Å². The highest BCUT2D eigenvalue weighted by Crippen LogP contribution is 2.36. The molecule has 0 saturated carbocycles. The van der Waals surface area contributed by atoms with E-state index in [1.807, 2.05) is 104 Å². The van der Waals surface area contributed by atoms with Gasteiger partial charge >= 0.3 is 0 Å². The summed E-state index contributed by atoms with van der Waals surface area (Å²) in [4.78, 5) is 22.6. The standard InChI is InChI=1S/C29H28N4O3/c1-33(2)18-6-7-23(34)19-21-10-14-26(15-11-21)36-29-27(28(30)31-20-32-29)22-12-16-25(17-13-22)35-24-8-4-3-5-9-24/h3-17,20H,18-19H2,1-2H3,(H2,30,31,32)/b7-6+. The minimum atomic E-state index is 0.0519. The SMILES string of the molecule is CN(C)C/C=C/C(=O)Cc1ccc(Oc2ncnc(N)c2-c2ccc(Oc3ccccc3)cc2)cc1. The summed E-state index contributed by atoms with van der Waals surface area (Å²) >= 11 is 0. The number of nitrogen functional groups attached to an aromatic ring is 1. The summed E-state index contributed by atoms with van der Waals surface area (Å²) in [6.45, 7) is 0.728. The lowest BCUT2D eigenvalue weighted by Crippen LogP contribution is -2.11. The van der Waals surface area contributed by atoms with Crippen LogP contribution < -0.4 is 15.2 Å². The quantitative estimate of drug-likeness (QED) is 0.298. The molecule has 0 bridgehead atoms. The summed E-state index contributed by atoms with van der Waals surface area (Å²) in [5.74, 6) is 2.74. The van der Waals surface area contributed by atoms with Gasteiger partial charge in [-0.15, -0.1) is 0 Å². The molecule has 36 heavy (non-hydrogen) atoms. The Morgan fingerprint density at radius 1 is 0.861 bits per heavy atom. The van der Waals surface area contributed by atoms with Crippen LogP contribution >= 0.6 is 0 Å². The van der Waals surface area contributed by atoms with E-state index in [2.05, 4.69) is 9.97 Å². The Bertz CT molecular complexity index is 1320. The summed E-state index contributed by atoms with van der Waals surface area (Å²) in [6, 6.07) is 24.4. The minimum Gasteiger partial charge on any atom is -0.457 e. The average Bonchev–Trinajstić information content (AvgIpc) is 2.86. The topological polar surface area (TPSA) is 90.6 Å². The number of aromatic nitrogens is 2. The Balaban J connectivity index is 1.46. The van der Waals surface area contributed by atoms with Gasteiger partial charge in [-0.2, -0.15) is 0 Å². The second-order valence-corrected chi connectivity index (χ2v) is 8.43. The predicted octanol–water partition coefficient (Wildman–Crippen LogP) is 5.54. The highest BCUT2D eigenvalue weighted by Gasteiger charge is 2.14. The lowest BCUT2D eigenvalue weighted by molar-refractivity contribution is -0.114. The van der Waals surface area contributed by atoms with Gasteiger partial charge in [0.25, 0.3) is 0 Å². The van der Waals surface area contributed by atoms with Gasteiger partial charge < -0.3 is 20.1 Å². The molecule has 0 saturated heterocycles. The molecule has 7 nitrogen and oxygen atoms in total. The predicted molar refractivity (Wildman–Crippen MR) is 141 cm³/mol. The Kier molecular flexibility index (Phi) is 8.05. The zero-order valence-electron chi connectivity index (χ0n) is 20.3. The summed E-state index contributed by atoms with van der Waals surface area (Å²) in [7, 11) is 3.92. The van der Waals surface area contributed by atoms with Crippen LogP contribution in [0.15, 0.2) is 97.3 Å². The van der Waals surface area contributed by atoms with Gasteiger partial charge in [0.1, 0.15) is 29.4 Å². The van der Waals surface area contributed by atoms with Crippen molar-refractivity contribution in [1.29, 1.82) is 0 Å². The number of likely N-dealkylation sites (N-methyl/N-ethyl adjacent to an activating group) is 1. The number of nitrogens with two attached hydrogens (primary N) is 1. The Hall–Kier alpha value is -4.49. The normalized spacial score (nSPS) is 11.1. The number of rotatable bonds is 10. The van der Waals surface area contributed by atoms with Crippen molar-refractivity contribution in [1.82, 2.24) is 14.9 Å². The van der Waals surface area contributed by atoms with E-state index in [-0.39, 0.29) is 5.78 Å². The first-order chi connectivity index (χ1) is 17.5. The van der Waals surface area contributed by atoms with Crippen molar-refractivity contribution in [2.75, 3.05) is 26.4 Å². The number of carbonyl (C=O) groups excluding carboxylic acids is 1. The smallest absolute Gasteiger partial charge is 0.232 e. The molecule has 4 aromatic rings. The number of carbonyl (C=O) groups is 1. The molecular weight excluding hydrogens is 452 g/mol. The fraction of sp³-hybridized carbons (Fsp3) is 0.138. The van der Waals surface area contributed by atoms with Crippen LogP contribution in [0.4, 0.5) is 5.82 Å². The van der Waals surface area contributed by atoms with E-state index in [1.54, 1.807) is 6.08 Å². The van der Waals surface area contributed by atoms with Crippen molar-refractivity contribution in [2.24, 2.45) is 0 Å². The van der Waals surface area contributed by atoms with Gasteiger partial charge in [-0.3, -0.25) is 4.79 Å². The van der Waals surface area contributed by atoms with E-state index in [1.165, 1.54) is 6.33 Å². The van der Waals surface area contributed by atoms with Gasteiger partial charge in [0.15, 0.2) is 5.78 Å².